The molecule has 37 valence electrons. The van der Waals surface area contributed by atoms with Gasteiger partial charge in [0.1, 0.15) is 0 Å². The zero-order valence-electron chi connectivity index (χ0n) is 3.71. The van der Waals surface area contributed by atoms with Crippen molar-refractivity contribution in [2.45, 2.75) is 5.22 Å². The van der Waals surface area contributed by atoms with Crippen LogP contribution in [0.2, 0.25) is 0 Å². The van der Waals surface area contributed by atoms with E-state index < -0.39 is 0 Å². The van der Waals surface area contributed by atoms with Gasteiger partial charge >= 0.3 is 0 Å². The Morgan fingerprint density at radius 3 is 3.00 bits per heavy atom. The highest BCUT2D eigenvalue weighted by atomic mass is 32.2. The van der Waals surface area contributed by atoms with Crippen molar-refractivity contribution in [3.8, 4) is 0 Å². The summed E-state index contributed by atoms with van der Waals surface area (Å²) in [5.41, 5.74) is 0. The largest absolute Gasteiger partial charge is 0.327 e. The summed E-state index contributed by atoms with van der Waals surface area (Å²) in [5, 5.41) is 3.82. The second kappa shape index (κ2) is 1.97. The van der Waals surface area contributed by atoms with Crippen molar-refractivity contribution in [1.29, 1.82) is 0 Å². The SMILES string of the molecule is CSc1n[c]no1. The lowest BCUT2D eigenvalue weighted by Gasteiger charge is -1.73. The number of hydrogen-bond acceptors (Lipinski definition) is 4. The number of nitrogens with zero attached hydrogens (tertiary/aromatic N) is 2. The minimum absolute atomic E-state index is 0.556. The molecule has 1 aromatic rings. The fourth-order valence-electron chi connectivity index (χ4n) is 0.224. The number of thioether (sulfide) groups is 1. The van der Waals surface area contributed by atoms with Crippen LogP contribution in [0.5, 0.6) is 0 Å². The standard InChI is InChI=1S/C3H3N2OS/c1-7-3-4-2-5-6-3/h1H3. The highest BCUT2D eigenvalue weighted by Gasteiger charge is 1.90. The van der Waals surface area contributed by atoms with E-state index in [4.69, 9.17) is 0 Å². The molecule has 0 aromatic carbocycles. The van der Waals surface area contributed by atoms with E-state index in [-0.39, 0.29) is 0 Å². The van der Waals surface area contributed by atoms with Gasteiger partial charge in [-0.2, -0.15) is 4.98 Å². The molecule has 0 N–H and O–H groups in total. The average Bonchev–Trinajstić information content (AvgIpc) is 2.14. The fourth-order valence-corrected chi connectivity index (χ4v) is 0.468. The highest BCUT2D eigenvalue weighted by Crippen LogP contribution is 2.06. The molecule has 0 fully saturated rings. The van der Waals surface area contributed by atoms with Crippen LogP contribution in [0.1, 0.15) is 0 Å². The van der Waals surface area contributed by atoms with Crippen molar-refractivity contribution in [2.75, 3.05) is 6.26 Å². The molecule has 0 bridgehead atoms. The molecule has 0 saturated carbocycles. The van der Waals surface area contributed by atoms with E-state index in [1.54, 1.807) is 0 Å². The van der Waals surface area contributed by atoms with Crippen molar-refractivity contribution < 1.29 is 4.52 Å². The average molecular weight is 115 g/mol. The van der Waals surface area contributed by atoms with Crippen LogP contribution < -0.4 is 0 Å². The molecule has 1 aromatic heterocycles. The van der Waals surface area contributed by atoms with Crippen LogP contribution in [0.3, 0.4) is 0 Å². The maximum absolute atomic E-state index is 4.53. The Bertz CT molecular complexity index is 127. The van der Waals surface area contributed by atoms with Crippen LogP contribution in [0.4, 0.5) is 0 Å². The van der Waals surface area contributed by atoms with Crippen LogP contribution in [0.25, 0.3) is 0 Å². The molecule has 0 aliphatic heterocycles. The summed E-state index contributed by atoms with van der Waals surface area (Å²) >= 11 is 1.40. The van der Waals surface area contributed by atoms with Gasteiger partial charge in [0.2, 0.25) is 6.33 Å². The zero-order chi connectivity index (χ0) is 5.11. The van der Waals surface area contributed by atoms with E-state index >= 15 is 0 Å². The van der Waals surface area contributed by atoms with Gasteiger partial charge in [-0.25, -0.2) is 0 Å². The Kier molecular flexibility index (Phi) is 1.31. The molecule has 0 amide bonds. The van der Waals surface area contributed by atoms with Crippen molar-refractivity contribution in [3.05, 3.63) is 6.33 Å². The van der Waals surface area contributed by atoms with E-state index in [1.165, 1.54) is 11.8 Å². The lowest BCUT2D eigenvalue weighted by Crippen LogP contribution is -1.60. The first kappa shape index (κ1) is 4.64. The third-order valence-electron chi connectivity index (χ3n) is 0.480. The van der Waals surface area contributed by atoms with Crippen molar-refractivity contribution in [3.63, 3.8) is 0 Å². The predicted octanol–water partition coefficient (Wildman–Crippen LogP) is 0.592. The third-order valence-corrected chi connectivity index (χ3v) is 0.996. The summed E-state index contributed by atoms with van der Waals surface area (Å²) in [5.74, 6) is 0. The van der Waals surface area contributed by atoms with Crippen LogP contribution in [0.15, 0.2) is 9.75 Å². The maximum Gasteiger partial charge on any atom is 0.285 e. The highest BCUT2D eigenvalue weighted by molar-refractivity contribution is 7.98. The van der Waals surface area contributed by atoms with E-state index in [2.05, 4.69) is 21.0 Å². The van der Waals surface area contributed by atoms with E-state index in [9.17, 15) is 0 Å². The number of rotatable bonds is 1. The van der Waals surface area contributed by atoms with Gasteiger partial charge in [-0.3, -0.25) is 0 Å². The van der Waals surface area contributed by atoms with Crippen molar-refractivity contribution >= 4 is 11.8 Å². The lowest BCUT2D eigenvalue weighted by molar-refractivity contribution is 0.340. The first-order valence-corrected chi connectivity index (χ1v) is 2.89. The molecule has 0 unspecified atom stereocenters. The van der Waals surface area contributed by atoms with Gasteiger partial charge < -0.3 is 4.52 Å². The van der Waals surface area contributed by atoms with Crippen LogP contribution in [0, 0.1) is 6.33 Å². The molecule has 1 heterocycles. The summed E-state index contributed by atoms with van der Waals surface area (Å²) in [6.07, 6.45) is 4.16. The molecular weight excluding hydrogens is 112 g/mol. The second-order valence-corrected chi connectivity index (χ2v) is 1.62. The first-order chi connectivity index (χ1) is 3.43. The Balaban J connectivity index is 2.76. The molecule has 0 aliphatic rings. The Hall–Kier alpha value is -0.510. The molecule has 4 heteroatoms. The normalized spacial score (nSPS) is 9.29. The topological polar surface area (TPSA) is 38.9 Å². The van der Waals surface area contributed by atoms with Gasteiger partial charge in [-0.1, -0.05) is 16.9 Å². The van der Waals surface area contributed by atoms with Crippen LogP contribution >= 0.6 is 11.8 Å². The Morgan fingerprint density at radius 1 is 1.86 bits per heavy atom. The van der Waals surface area contributed by atoms with Crippen molar-refractivity contribution in [2.24, 2.45) is 0 Å². The number of hydrogen-bond donors (Lipinski definition) is 0. The summed E-state index contributed by atoms with van der Waals surface area (Å²) < 4.78 is 4.53. The maximum atomic E-state index is 4.53. The second-order valence-electron chi connectivity index (χ2n) is 0.864. The van der Waals surface area contributed by atoms with Gasteiger partial charge in [0, 0.05) is 0 Å². The summed E-state index contributed by atoms with van der Waals surface area (Å²) in [4.78, 5) is 3.59. The smallest absolute Gasteiger partial charge is 0.285 e. The molecule has 3 nitrogen and oxygen atoms in total. The summed E-state index contributed by atoms with van der Waals surface area (Å²) in [7, 11) is 0. The Labute approximate surface area is 45.1 Å². The molecule has 0 atom stereocenters. The first-order valence-electron chi connectivity index (χ1n) is 1.67. The van der Waals surface area contributed by atoms with Gasteiger partial charge in [0.15, 0.2) is 0 Å². The van der Waals surface area contributed by atoms with Gasteiger partial charge in [-0.05, 0) is 6.26 Å². The predicted molar refractivity (Wildman–Crippen MR) is 24.9 cm³/mol. The van der Waals surface area contributed by atoms with Gasteiger partial charge in [0.25, 0.3) is 5.22 Å². The third kappa shape index (κ3) is 0.928. The number of aromatic nitrogens is 2. The molecule has 0 aliphatic carbocycles. The molecule has 0 spiro atoms. The summed E-state index contributed by atoms with van der Waals surface area (Å²) in [6, 6.07) is 0. The molecule has 7 heavy (non-hydrogen) atoms. The molecule has 0 saturated heterocycles. The molecule has 1 rings (SSSR count). The minimum atomic E-state index is 0.556. The van der Waals surface area contributed by atoms with Gasteiger partial charge in [-0.15, -0.1) is 0 Å². The van der Waals surface area contributed by atoms with Crippen molar-refractivity contribution in [1.82, 2.24) is 10.1 Å². The zero-order valence-corrected chi connectivity index (χ0v) is 4.53. The van der Waals surface area contributed by atoms with E-state index in [1.807, 2.05) is 6.26 Å². The Morgan fingerprint density at radius 2 is 2.71 bits per heavy atom. The van der Waals surface area contributed by atoms with Crippen LogP contribution in [-0.4, -0.2) is 16.4 Å². The quantitative estimate of drug-likeness (QED) is 0.502. The molecular formula is C3H3N2OS. The van der Waals surface area contributed by atoms with E-state index in [0.717, 1.165) is 0 Å². The monoisotopic (exact) mass is 115 g/mol. The van der Waals surface area contributed by atoms with E-state index in [0.29, 0.717) is 5.22 Å². The summed E-state index contributed by atoms with van der Waals surface area (Å²) in [6.45, 7) is 0. The van der Waals surface area contributed by atoms with Gasteiger partial charge in [0.05, 0.1) is 0 Å². The minimum Gasteiger partial charge on any atom is -0.327 e. The lowest BCUT2D eigenvalue weighted by atomic mass is 11.3. The van der Waals surface area contributed by atoms with Crippen LogP contribution in [-0.2, 0) is 0 Å². The molecule has 1 radical (unpaired) electrons. The fraction of sp³-hybridized carbons (Fsp3) is 0.333.